The summed E-state index contributed by atoms with van der Waals surface area (Å²) in [6.07, 6.45) is 3.35. The van der Waals surface area contributed by atoms with Crippen LogP contribution >= 0.6 is 23.8 Å². The van der Waals surface area contributed by atoms with Crippen molar-refractivity contribution in [1.29, 1.82) is 0 Å². The van der Waals surface area contributed by atoms with Gasteiger partial charge >= 0.3 is 0 Å². The molecule has 0 spiro atoms. The average Bonchev–Trinajstić information content (AvgIpc) is 2.66. The predicted octanol–water partition coefficient (Wildman–Crippen LogP) is 3.91. The Morgan fingerprint density at radius 2 is 2.08 bits per heavy atom. The molecule has 0 aliphatic rings. The lowest BCUT2D eigenvalue weighted by molar-refractivity contribution is 0.284. The van der Waals surface area contributed by atoms with Crippen LogP contribution in [0, 0.1) is 0 Å². The molecular weight excluding hydrogens is 370 g/mol. The number of nitrogens with one attached hydrogen (secondary N) is 2. The first-order valence-electron chi connectivity index (χ1n) is 7.86. The standard InChI is InChI=1S/C19H20ClN3O2S/c1-3-10-21-19(26)23-22-12-14-8-9-17(18(11-14)24-2)25-13-15-6-4-5-7-16(15)20/h3-9,11-12H,1,10,13H2,2H3,(H2,21,23,26). The van der Waals surface area contributed by atoms with Crippen molar-refractivity contribution in [3.8, 4) is 11.5 Å². The number of rotatable bonds is 8. The molecule has 0 heterocycles. The molecule has 0 unspecified atom stereocenters. The van der Waals surface area contributed by atoms with Gasteiger partial charge in [-0.2, -0.15) is 5.10 Å². The van der Waals surface area contributed by atoms with E-state index in [2.05, 4.69) is 22.4 Å². The second-order valence-corrected chi connectivity index (χ2v) is 5.97. The lowest BCUT2D eigenvalue weighted by Crippen LogP contribution is -2.31. The average molecular weight is 390 g/mol. The highest BCUT2D eigenvalue weighted by molar-refractivity contribution is 7.80. The van der Waals surface area contributed by atoms with Gasteiger partial charge in [-0.3, -0.25) is 5.43 Å². The van der Waals surface area contributed by atoms with Crippen LogP contribution in [-0.4, -0.2) is 25.0 Å². The largest absolute Gasteiger partial charge is 0.493 e. The lowest BCUT2D eigenvalue weighted by Gasteiger charge is -2.12. The summed E-state index contributed by atoms with van der Waals surface area (Å²) >= 11 is 11.2. The lowest BCUT2D eigenvalue weighted by atomic mass is 10.2. The van der Waals surface area contributed by atoms with Crippen molar-refractivity contribution >= 4 is 35.1 Å². The Bertz CT molecular complexity index is 796. The molecule has 0 bridgehead atoms. The fraction of sp³-hybridized carbons (Fsp3) is 0.158. The molecule has 0 aliphatic heterocycles. The summed E-state index contributed by atoms with van der Waals surface area (Å²) in [5.41, 5.74) is 4.47. The topological polar surface area (TPSA) is 54.9 Å². The first-order valence-corrected chi connectivity index (χ1v) is 8.64. The summed E-state index contributed by atoms with van der Waals surface area (Å²) in [6.45, 7) is 4.54. The molecule has 2 rings (SSSR count). The van der Waals surface area contributed by atoms with Crippen LogP contribution in [0.5, 0.6) is 11.5 Å². The molecule has 0 amide bonds. The van der Waals surface area contributed by atoms with Gasteiger partial charge in [-0.15, -0.1) is 6.58 Å². The van der Waals surface area contributed by atoms with E-state index in [1.807, 2.05) is 42.5 Å². The summed E-state index contributed by atoms with van der Waals surface area (Å²) in [7, 11) is 1.59. The first-order chi connectivity index (χ1) is 12.6. The van der Waals surface area contributed by atoms with Crippen molar-refractivity contribution in [3.63, 3.8) is 0 Å². The molecule has 0 fully saturated rings. The third-order valence-electron chi connectivity index (χ3n) is 3.32. The van der Waals surface area contributed by atoms with Gasteiger partial charge in [0.05, 0.1) is 13.3 Å². The van der Waals surface area contributed by atoms with E-state index in [1.165, 1.54) is 0 Å². The Kier molecular flexibility index (Phi) is 7.92. The minimum Gasteiger partial charge on any atom is -0.493 e. The number of hydrogen-bond acceptors (Lipinski definition) is 4. The van der Waals surface area contributed by atoms with E-state index >= 15 is 0 Å². The van der Waals surface area contributed by atoms with Crippen molar-refractivity contribution in [2.75, 3.05) is 13.7 Å². The van der Waals surface area contributed by atoms with Crippen molar-refractivity contribution in [3.05, 3.63) is 71.3 Å². The Morgan fingerprint density at radius 1 is 1.27 bits per heavy atom. The van der Waals surface area contributed by atoms with E-state index in [-0.39, 0.29) is 0 Å². The Labute approximate surface area is 163 Å². The summed E-state index contributed by atoms with van der Waals surface area (Å²) in [5.74, 6) is 1.23. The molecule has 0 aliphatic carbocycles. The molecule has 5 nitrogen and oxygen atoms in total. The SMILES string of the molecule is C=CCNC(=S)NN=Cc1ccc(OCc2ccccc2Cl)c(OC)c1. The molecule has 26 heavy (non-hydrogen) atoms. The normalized spacial score (nSPS) is 10.4. The zero-order valence-electron chi connectivity index (χ0n) is 14.4. The molecule has 0 aromatic heterocycles. The summed E-state index contributed by atoms with van der Waals surface area (Å²) in [4.78, 5) is 0. The molecule has 2 N–H and O–H groups in total. The second-order valence-electron chi connectivity index (χ2n) is 5.16. The number of nitrogens with zero attached hydrogens (tertiary/aromatic N) is 1. The Morgan fingerprint density at radius 3 is 2.81 bits per heavy atom. The van der Waals surface area contributed by atoms with E-state index in [0.29, 0.717) is 34.8 Å². The van der Waals surface area contributed by atoms with Gasteiger partial charge in [0.1, 0.15) is 6.61 Å². The van der Waals surface area contributed by atoms with E-state index < -0.39 is 0 Å². The van der Waals surface area contributed by atoms with Crippen LogP contribution in [0.2, 0.25) is 5.02 Å². The van der Waals surface area contributed by atoms with Gasteiger partial charge in [0.2, 0.25) is 0 Å². The Hall–Kier alpha value is -2.57. The molecule has 0 saturated carbocycles. The molecule has 2 aromatic rings. The van der Waals surface area contributed by atoms with E-state index in [0.717, 1.165) is 11.1 Å². The zero-order valence-corrected chi connectivity index (χ0v) is 15.9. The molecule has 7 heteroatoms. The van der Waals surface area contributed by atoms with Crippen LogP contribution in [0.4, 0.5) is 0 Å². The number of hydrazone groups is 1. The van der Waals surface area contributed by atoms with Crippen LogP contribution in [0.25, 0.3) is 0 Å². The highest BCUT2D eigenvalue weighted by atomic mass is 35.5. The highest BCUT2D eigenvalue weighted by Gasteiger charge is 2.07. The fourth-order valence-electron chi connectivity index (χ4n) is 2.02. The van der Waals surface area contributed by atoms with Crippen LogP contribution < -0.4 is 20.2 Å². The van der Waals surface area contributed by atoms with Crippen LogP contribution in [0.1, 0.15) is 11.1 Å². The third-order valence-corrected chi connectivity index (χ3v) is 3.92. The van der Waals surface area contributed by atoms with Crippen molar-refractivity contribution in [2.45, 2.75) is 6.61 Å². The van der Waals surface area contributed by atoms with Gasteiger partial charge < -0.3 is 14.8 Å². The van der Waals surface area contributed by atoms with Crippen molar-refractivity contribution in [1.82, 2.24) is 10.7 Å². The summed E-state index contributed by atoms with van der Waals surface area (Å²) in [5, 5.41) is 8.09. The maximum atomic E-state index is 6.15. The number of thiocarbonyl (C=S) groups is 1. The van der Waals surface area contributed by atoms with Crippen LogP contribution in [-0.2, 0) is 6.61 Å². The summed E-state index contributed by atoms with van der Waals surface area (Å²) < 4.78 is 11.2. The van der Waals surface area contributed by atoms with E-state index in [1.54, 1.807) is 19.4 Å². The maximum Gasteiger partial charge on any atom is 0.187 e. The first kappa shape index (κ1) is 19.8. The van der Waals surface area contributed by atoms with Gasteiger partial charge in [0, 0.05) is 17.1 Å². The molecule has 0 radical (unpaired) electrons. The number of ether oxygens (including phenoxy) is 2. The van der Waals surface area contributed by atoms with Gasteiger partial charge in [-0.25, -0.2) is 0 Å². The van der Waals surface area contributed by atoms with Crippen molar-refractivity contribution < 1.29 is 9.47 Å². The van der Waals surface area contributed by atoms with Crippen molar-refractivity contribution in [2.24, 2.45) is 5.10 Å². The van der Waals surface area contributed by atoms with Gasteiger partial charge in [-0.1, -0.05) is 35.9 Å². The molecule has 0 atom stereocenters. The van der Waals surface area contributed by atoms with Gasteiger partial charge in [0.15, 0.2) is 16.6 Å². The molecule has 2 aromatic carbocycles. The zero-order chi connectivity index (χ0) is 18.8. The fourth-order valence-corrected chi connectivity index (χ4v) is 2.35. The minimum absolute atomic E-state index is 0.355. The van der Waals surface area contributed by atoms with E-state index in [9.17, 15) is 0 Å². The Balaban J connectivity index is 1.99. The quantitative estimate of drug-likeness (QED) is 0.310. The smallest absolute Gasteiger partial charge is 0.187 e. The maximum absolute atomic E-state index is 6.15. The molecule has 0 saturated heterocycles. The number of hydrogen-bond donors (Lipinski definition) is 2. The highest BCUT2D eigenvalue weighted by Crippen LogP contribution is 2.29. The summed E-state index contributed by atoms with van der Waals surface area (Å²) in [6, 6.07) is 13.1. The van der Waals surface area contributed by atoms with Gasteiger partial charge in [-0.05, 0) is 42.0 Å². The number of methoxy groups -OCH3 is 1. The van der Waals surface area contributed by atoms with Gasteiger partial charge in [0.25, 0.3) is 0 Å². The van der Waals surface area contributed by atoms with Crippen LogP contribution in [0.15, 0.2) is 60.2 Å². The minimum atomic E-state index is 0.355. The monoisotopic (exact) mass is 389 g/mol. The molecular formula is C19H20ClN3O2S. The van der Waals surface area contributed by atoms with Crippen LogP contribution in [0.3, 0.4) is 0 Å². The second kappa shape index (κ2) is 10.4. The van der Waals surface area contributed by atoms with E-state index in [4.69, 9.17) is 33.3 Å². The third kappa shape index (κ3) is 6.06. The number of halogens is 1. The predicted molar refractivity (Wildman–Crippen MR) is 110 cm³/mol. The molecule has 136 valence electrons. The number of benzene rings is 2.